The normalized spacial score (nSPS) is 18.1. The zero-order valence-electron chi connectivity index (χ0n) is 15.6. The summed E-state index contributed by atoms with van der Waals surface area (Å²) in [5, 5.41) is 1.12. The van der Waals surface area contributed by atoms with Gasteiger partial charge in [-0.2, -0.15) is 0 Å². The van der Waals surface area contributed by atoms with Crippen LogP contribution in [0.25, 0.3) is 10.9 Å². The maximum atomic E-state index is 13.5. The van der Waals surface area contributed by atoms with E-state index in [1.807, 2.05) is 12.3 Å². The van der Waals surface area contributed by atoms with Crippen molar-refractivity contribution in [2.45, 2.75) is 13.0 Å². The van der Waals surface area contributed by atoms with Gasteiger partial charge in [0.05, 0.1) is 11.9 Å². The first kappa shape index (κ1) is 16.6. The van der Waals surface area contributed by atoms with Gasteiger partial charge in [0, 0.05) is 67.8 Å². The number of hydrogen-bond acceptors (Lipinski definition) is 4. The van der Waals surface area contributed by atoms with Gasteiger partial charge in [0.1, 0.15) is 11.6 Å². The van der Waals surface area contributed by atoms with Crippen LogP contribution in [0.3, 0.4) is 0 Å². The molecule has 1 saturated heterocycles. The molecular formula is C21H24FN5. The molecule has 0 amide bonds. The van der Waals surface area contributed by atoms with Crippen molar-refractivity contribution in [3.8, 4) is 0 Å². The summed E-state index contributed by atoms with van der Waals surface area (Å²) in [5.41, 5.74) is 4.55. The molecule has 0 radical (unpaired) electrons. The number of hydrogen-bond donors (Lipinski definition) is 1. The monoisotopic (exact) mass is 365 g/mol. The van der Waals surface area contributed by atoms with E-state index < -0.39 is 0 Å². The number of pyridine rings is 1. The number of anilines is 2. The number of halogens is 1. The van der Waals surface area contributed by atoms with E-state index in [1.54, 1.807) is 12.1 Å². The van der Waals surface area contributed by atoms with E-state index >= 15 is 0 Å². The number of H-pyrrole nitrogens is 1. The van der Waals surface area contributed by atoms with E-state index in [1.165, 1.54) is 11.3 Å². The van der Waals surface area contributed by atoms with Crippen molar-refractivity contribution in [1.29, 1.82) is 0 Å². The number of rotatable bonds is 2. The molecule has 0 unspecified atom stereocenters. The Morgan fingerprint density at radius 3 is 2.63 bits per heavy atom. The molecule has 1 aromatic carbocycles. The predicted molar refractivity (Wildman–Crippen MR) is 107 cm³/mol. The first-order valence-corrected chi connectivity index (χ1v) is 9.61. The average Bonchev–Trinajstić information content (AvgIpc) is 3.05. The van der Waals surface area contributed by atoms with Gasteiger partial charge in [0.2, 0.25) is 0 Å². The highest BCUT2D eigenvalue weighted by molar-refractivity contribution is 5.85. The number of aromatic amines is 1. The second-order valence-electron chi connectivity index (χ2n) is 7.61. The molecular weight excluding hydrogens is 341 g/mol. The van der Waals surface area contributed by atoms with Gasteiger partial charge >= 0.3 is 0 Å². The number of piperazine rings is 1. The zero-order chi connectivity index (χ0) is 18.4. The number of aromatic nitrogens is 2. The van der Waals surface area contributed by atoms with Gasteiger partial charge in [-0.25, -0.2) is 9.37 Å². The maximum Gasteiger partial charge on any atom is 0.128 e. The van der Waals surface area contributed by atoms with E-state index in [9.17, 15) is 4.39 Å². The molecule has 2 aliphatic heterocycles. The molecule has 140 valence electrons. The summed E-state index contributed by atoms with van der Waals surface area (Å²) >= 11 is 0. The minimum atomic E-state index is -0.193. The molecule has 4 heterocycles. The molecule has 1 N–H and O–H groups in total. The third-order valence-corrected chi connectivity index (χ3v) is 5.86. The summed E-state index contributed by atoms with van der Waals surface area (Å²) in [6, 6.07) is 9.34. The van der Waals surface area contributed by atoms with Gasteiger partial charge in [-0.1, -0.05) is 0 Å². The second-order valence-corrected chi connectivity index (χ2v) is 7.61. The highest BCUT2D eigenvalue weighted by atomic mass is 19.1. The van der Waals surface area contributed by atoms with Crippen molar-refractivity contribution in [1.82, 2.24) is 14.9 Å². The van der Waals surface area contributed by atoms with Gasteiger partial charge in [-0.15, -0.1) is 0 Å². The lowest BCUT2D eigenvalue weighted by atomic mass is 10.0. The molecule has 0 bridgehead atoms. The lowest BCUT2D eigenvalue weighted by molar-refractivity contribution is 0.312. The first-order chi connectivity index (χ1) is 13.2. The number of likely N-dealkylation sites (N-methyl/N-ethyl adjacent to an activating group) is 1. The molecule has 6 heteroatoms. The van der Waals surface area contributed by atoms with E-state index in [2.05, 4.69) is 38.9 Å². The molecule has 0 aliphatic carbocycles. The van der Waals surface area contributed by atoms with Crippen molar-refractivity contribution < 1.29 is 4.39 Å². The standard InChI is InChI=1S/C21H24FN5/c1-25-8-10-26(11-9-25)21-5-3-16(13-23-21)27-7-6-19-18(14-27)17-4-2-15(22)12-20(17)24-19/h2-5,12-13,24H,6-11,14H2,1H3. The summed E-state index contributed by atoms with van der Waals surface area (Å²) in [6.07, 6.45) is 2.93. The van der Waals surface area contributed by atoms with Crippen LogP contribution >= 0.6 is 0 Å². The minimum absolute atomic E-state index is 0.193. The Hall–Kier alpha value is -2.60. The molecule has 0 atom stereocenters. The van der Waals surface area contributed by atoms with Crippen LogP contribution in [-0.4, -0.2) is 54.6 Å². The largest absolute Gasteiger partial charge is 0.365 e. The summed E-state index contributed by atoms with van der Waals surface area (Å²) in [4.78, 5) is 15.2. The molecule has 0 spiro atoms. The summed E-state index contributed by atoms with van der Waals surface area (Å²) in [7, 11) is 2.16. The topological polar surface area (TPSA) is 38.4 Å². The van der Waals surface area contributed by atoms with Crippen molar-refractivity contribution in [3.63, 3.8) is 0 Å². The van der Waals surface area contributed by atoms with Crippen LogP contribution < -0.4 is 9.80 Å². The number of fused-ring (bicyclic) bond motifs is 3. The number of nitrogens with zero attached hydrogens (tertiary/aromatic N) is 4. The van der Waals surface area contributed by atoms with E-state index in [0.29, 0.717) is 0 Å². The quantitative estimate of drug-likeness (QED) is 0.758. The Kier molecular flexibility index (Phi) is 4.01. The van der Waals surface area contributed by atoms with Gasteiger partial charge < -0.3 is 19.7 Å². The molecule has 2 aliphatic rings. The maximum absolute atomic E-state index is 13.5. The first-order valence-electron chi connectivity index (χ1n) is 9.61. The van der Waals surface area contributed by atoms with Crippen LogP contribution in [0, 0.1) is 5.82 Å². The van der Waals surface area contributed by atoms with Crippen LogP contribution in [0.15, 0.2) is 36.5 Å². The van der Waals surface area contributed by atoms with E-state index in [0.717, 1.165) is 68.1 Å². The van der Waals surface area contributed by atoms with Crippen molar-refractivity contribution in [2.75, 3.05) is 49.6 Å². The summed E-state index contributed by atoms with van der Waals surface area (Å²) in [6.45, 7) is 6.00. The SMILES string of the molecule is CN1CCN(c2ccc(N3CCc4[nH]c5cc(F)ccc5c4C3)cn2)CC1. The fourth-order valence-electron chi connectivity index (χ4n) is 4.20. The lowest BCUT2D eigenvalue weighted by Crippen LogP contribution is -2.44. The van der Waals surface area contributed by atoms with Crippen LogP contribution in [0.5, 0.6) is 0 Å². The molecule has 2 aromatic heterocycles. The van der Waals surface area contributed by atoms with Crippen molar-refractivity contribution in [2.24, 2.45) is 0 Å². The highest BCUT2D eigenvalue weighted by Crippen LogP contribution is 2.31. The summed E-state index contributed by atoms with van der Waals surface area (Å²) < 4.78 is 13.5. The van der Waals surface area contributed by atoms with Crippen LogP contribution in [0.4, 0.5) is 15.9 Å². The Morgan fingerprint density at radius 1 is 1.00 bits per heavy atom. The van der Waals surface area contributed by atoms with Crippen LogP contribution in [-0.2, 0) is 13.0 Å². The molecule has 1 fully saturated rings. The van der Waals surface area contributed by atoms with Crippen LogP contribution in [0.1, 0.15) is 11.3 Å². The second kappa shape index (κ2) is 6.53. The number of nitrogens with one attached hydrogen (secondary N) is 1. The predicted octanol–water partition coefficient (Wildman–Crippen LogP) is 3.02. The summed E-state index contributed by atoms with van der Waals surface area (Å²) in [5.74, 6) is 0.869. The number of benzene rings is 1. The Balaban J connectivity index is 1.36. The Bertz CT molecular complexity index is 957. The van der Waals surface area contributed by atoms with Gasteiger partial charge in [0.25, 0.3) is 0 Å². The fraction of sp³-hybridized carbons (Fsp3) is 0.381. The van der Waals surface area contributed by atoms with Crippen molar-refractivity contribution >= 4 is 22.4 Å². The molecule has 0 saturated carbocycles. The Labute approximate surface area is 158 Å². The van der Waals surface area contributed by atoms with E-state index in [-0.39, 0.29) is 5.82 Å². The zero-order valence-corrected chi connectivity index (χ0v) is 15.6. The fourth-order valence-corrected chi connectivity index (χ4v) is 4.20. The molecule has 3 aromatic rings. The smallest absolute Gasteiger partial charge is 0.128 e. The van der Waals surface area contributed by atoms with Crippen LogP contribution in [0.2, 0.25) is 0 Å². The highest BCUT2D eigenvalue weighted by Gasteiger charge is 2.22. The third kappa shape index (κ3) is 3.04. The Morgan fingerprint density at radius 2 is 1.85 bits per heavy atom. The molecule has 27 heavy (non-hydrogen) atoms. The van der Waals surface area contributed by atoms with Gasteiger partial charge in [0.15, 0.2) is 0 Å². The average molecular weight is 365 g/mol. The third-order valence-electron chi connectivity index (χ3n) is 5.86. The van der Waals surface area contributed by atoms with E-state index in [4.69, 9.17) is 4.98 Å². The molecule has 5 rings (SSSR count). The van der Waals surface area contributed by atoms with Crippen molar-refractivity contribution in [3.05, 3.63) is 53.6 Å². The molecule has 5 nitrogen and oxygen atoms in total. The van der Waals surface area contributed by atoms with Gasteiger partial charge in [-0.05, 0) is 37.4 Å². The van der Waals surface area contributed by atoms with Gasteiger partial charge in [-0.3, -0.25) is 0 Å². The lowest BCUT2D eigenvalue weighted by Gasteiger charge is -2.34. The minimum Gasteiger partial charge on any atom is -0.365 e.